The van der Waals surface area contributed by atoms with Gasteiger partial charge in [0.2, 0.25) is 5.95 Å². The number of nitriles is 1. The van der Waals surface area contributed by atoms with Crippen LogP contribution >= 0.6 is 11.6 Å². The quantitative estimate of drug-likeness (QED) is 0.339. The number of anilines is 4. The second-order valence-corrected chi connectivity index (χ2v) is 7.27. The lowest BCUT2D eigenvalue weighted by Crippen LogP contribution is -2.28. The van der Waals surface area contributed by atoms with Crippen molar-refractivity contribution in [3.63, 3.8) is 0 Å². The second-order valence-electron chi connectivity index (χ2n) is 6.86. The number of nitrogens with two attached hydrogens (primary N) is 3. The summed E-state index contributed by atoms with van der Waals surface area (Å²) in [6.45, 7) is 1.64. The molecule has 14 heteroatoms. The number of nitrogens with one attached hydrogen (secondary N) is 1. The molecule has 1 aromatic carbocycles. The highest BCUT2D eigenvalue weighted by atomic mass is 35.5. The third-order valence-electron chi connectivity index (χ3n) is 4.61. The highest BCUT2D eigenvalue weighted by molar-refractivity contribution is 6.35. The van der Waals surface area contributed by atoms with E-state index in [1.807, 2.05) is 6.07 Å². The monoisotopic (exact) mass is 467 g/mol. The highest BCUT2D eigenvalue weighted by Gasteiger charge is 2.23. The molecule has 1 atom stereocenters. The molecule has 3 aromatic heterocycles. The molecule has 0 amide bonds. The number of aromatic nitrogens is 6. The van der Waals surface area contributed by atoms with Gasteiger partial charge >= 0.3 is 0 Å². The molecule has 12 nitrogen and oxygen atoms in total. The van der Waals surface area contributed by atoms with Crippen LogP contribution in [0.3, 0.4) is 0 Å². The first-order valence-electron chi connectivity index (χ1n) is 9.28. The van der Waals surface area contributed by atoms with Gasteiger partial charge in [0.05, 0.1) is 34.4 Å². The van der Waals surface area contributed by atoms with Crippen LogP contribution in [-0.4, -0.2) is 29.5 Å². The lowest BCUT2D eigenvalue weighted by Gasteiger charge is -2.20. The largest absolute Gasteiger partial charge is 0.382 e. The summed E-state index contributed by atoms with van der Waals surface area (Å²) in [4.78, 5) is 33.7. The first-order chi connectivity index (χ1) is 15.7. The fourth-order valence-corrected chi connectivity index (χ4v) is 3.42. The molecule has 3 heterocycles. The number of nitrogen functional groups attached to an aromatic ring is 3. The zero-order valence-electron chi connectivity index (χ0n) is 16.9. The minimum atomic E-state index is -0.775. The van der Waals surface area contributed by atoms with E-state index >= 15 is 0 Å². The minimum absolute atomic E-state index is 0.0319. The molecule has 0 saturated carbocycles. The smallest absolute Gasteiger partial charge is 0.267 e. The lowest BCUT2D eigenvalue weighted by atomic mass is 10.2. The third-order valence-corrected chi connectivity index (χ3v) is 4.90. The van der Waals surface area contributed by atoms with Crippen LogP contribution in [0.4, 0.5) is 27.8 Å². The number of nitrogens with zero attached hydrogens (tertiary/aromatic N) is 7. The molecule has 0 saturated heterocycles. The van der Waals surface area contributed by atoms with Gasteiger partial charge in [-0.05, 0) is 19.1 Å². The summed E-state index contributed by atoms with van der Waals surface area (Å²) >= 11 is 6.17. The van der Waals surface area contributed by atoms with Crippen molar-refractivity contribution in [1.29, 1.82) is 5.26 Å². The van der Waals surface area contributed by atoms with Crippen LogP contribution in [0.15, 0.2) is 29.3 Å². The van der Waals surface area contributed by atoms with Crippen LogP contribution in [0.1, 0.15) is 24.4 Å². The van der Waals surface area contributed by atoms with Gasteiger partial charge in [-0.25, -0.2) is 23.9 Å². The highest BCUT2D eigenvalue weighted by Crippen LogP contribution is 2.27. The molecule has 0 spiro atoms. The van der Waals surface area contributed by atoms with E-state index in [1.54, 1.807) is 6.92 Å². The normalized spacial score (nSPS) is 11.8. The molecule has 0 aliphatic carbocycles. The topological polar surface area (TPSA) is 200 Å². The van der Waals surface area contributed by atoms with E-state index in [2.05, 4.69) is 30.2 Å². The summed E-state index contributed by atoms with van der Waals surface area (Å²) in [5.41, 5.74) is 16.4. The number of hydrogen-bond donors (Lipinski definition) is 4. The van der Waals surface area contributed by atoms with Crippen LogP contribution in [-0.2, 0) is 0 Å². The average molecular weight is 468 g/mol. The van der Waals surface area contributed by atoms with Crippen molar-refractivity contribution in [3.05, 3.63) is 57.1 Å². The molecule has 0 aliphatic rings. The van der Waals surface area contributed by atoms with Crippen molar-refractivity contribution >= 4 is 45.9 Å². The molecule has 0 bridgehead atoms. The summed E-state index contributed by atoms with van der Waals surface area (Å²) in [7, 11) is 0. The van der Waals surface area contributed by atoms with Crippen molar-refractivity contribution in [1.82, 2.24) is 29.5 Å². The van der Waals surface area contributed by atoms with Crippen LogP contribution in [0.2, 0.25) is 5.02 Å². The Kier molecular flexibility index (Phi) is 5.36. The van der Waals surface area contributed by atoms with Crippen LogP contribution in [0, 0.1) is 17.1 Å². The molecule has 4 rings (SSSR count). The van der Waals surface area contributed by atoms with Crippen molar-refractivity contribution < 1.29 is 4.39 Å². The Balaban J connectivity index is 1.96. The standard InChI is InChI=1S/C19H15ClFN11O/c1-7(28-16-10(4-22)15(24)30-19(25)31-16)17-29-14-9(2-8(21)3-11(14)20)18(33)32(17)13-6-26-12(23)5-27-13/h2-3,5-7H,1H3,(H2,23,26)(H5,24,25,28,30,31). The first-order valence-corrected chi connectivity index (χ1v) is 9.66. The van der Waals surface area contributed by atoms with Gasteiger partial charge in [-0.15, -0.1) is 0 Å². The summed E-state index contributed by atoms with van der Waals surface area (Å²) in [6.07, 6.45) is 2.52. The van der Waals surface area contributed by atoms with Crippen molar-refractivity contribution in [3.8, 4) is 11.9 Å². The molecular weight excluding hydrogens is 453 g/mol. The maximum Gasteiger partial charge on any atom is 0.267 e. The first kappa shape index (κ1) is 21.7. The van der Waals surface area contributed by atoms with Gasteiger partial charge in [-0.2, -0.15) is 15.2 Å². The van der Waals surface area contributed by atoms with Crippen molar-refractivity contribution in [2.45, 2.75) is 13.0 Å². The zero-order chi connectivity index (χ0) is 23.9. The van der Waals surface area contributed by atoms with Gasteiger partial charge in [0, 0.05) is 0 Å². The molecule has 7 N–H and O–H groups in total. The molecule has 4 aromatic rings. The number of halogens is 2. The summed E-state index contributed by atoms with van der Waals surface area (Å²) in [6, 6.07) is 3.20. The van der Waals surface area contributed by atoms with Gasteiger partial charge in [-0.1, -0.05) is 11.6 Å². The van der Waals surface area contributed by atoms with E-state index in [0.29, 0.717) is 0 Å². The van der Waals surface area contributed by atoms with E-state index < -0.39 is 17.4 Å². The van der Waals surface area contributed by atoms with Crippen molar-refractivity contribution in [2.24, 2.45) is 0 Å². The van der Waals surface area contributed by atoms with Gasteiger partial charge < -0.3 is 22.5 Å². The maximum atomic E-state index is 14.0. The number of rotatable bonds is 4. The Hall–Kier alpha value is -4.57. The van der Waals surface area contributed by atoms with Crippen LogP contribution in [0.5, 0.6) is 0 Å². The van der Waals surface area contributed by atoms with Crippen LogP contribution in [0.25, 0.3) is 16.7 Å². The van der Waals surface area contributed by atoms with E-state index in [1.165, 1.54) is 12.4 Å². The Labute approximate surface area is 189 Å². The number of fused-ring (bicyclic) bond motifs is 1. The van der Waals surface area contributed by atoms with Crippen LogP contribution < -0.4 is 28.1 Å². The Bertz CT molecular complexity index is 1500. The lowest BCUT2D eigenvalue weighted by molar-refractivity contribution is 0.629. The predicted octanol–water partition coefficient (Wildman–Crippen LogP) is 1.55. The Morgan fingerprint density at radius 1 is 1.18 bits per heavy atom. The second kappa shape index (κ2) is 8.17. The molecule has 1 unspecified atom stereocenters. The fraction of sp³-hybridized carbons (Fsp3) is 0.105. The third kappa shape index (κ3) is 3.90. The molecular formula is C19H15ClFN11O. The van der Waals surface area contributed by atoms with E-state index in [0.717, 1.165) is 16.7 Å². The maximum absolute atomic E-state index is 14.0. The summed E-state index contributed by atoms with van der Waals surface area (Å²) in [5, 5.41) is 12.3. The molecule has 0 radical (unpaired) electrons. The fourth-order valence-electron chi connectivity index (χ4n) is 3.17. The van der Waals surface area contributed by atoms with E-state index in [-0.39, 0.29) is 56.5 Å². The Morgan fingerprint density at radius 3 is 2.61 bits per heavy atom. The summed E-state index contributed by atoms with van der Waals surface area (Å²) in [5.74, 6) is -0.627. The summed E-state index contributed by atoms with van der Waals surface area (Å²) < 4.78 is 15.1. The van der Waals surface area contributed by atoms with Gasteiger partial charge in [0.25, 0.3) is 5.56 Å². The van der Waals surface area contributed by atoms with Gasteiger partial charge in [0.15, 0.2) is 11.6 Å². The SMILES string of the molecule is CC(Nc1nc(N)nc(N)c1C#N)c1nc2c(Cl)cc(F)cc2c(=O)n1-c1cnc(N)cn1. The number of benzene rings is 1. The van der Waals surface area contributed by atoms with E-state index in [4.69, 9.17) is 28.8 Å². The molecule has 0 aliphatic heterocycles. The molecule has 33 heavy (non-hydrogen) atoms. The zero-order valence-corrected chi connectivity index (χ0v) is 17.7. The molecule has 166 valence electrons. The van der Waals surface area contributed by atoms with E-state index in [9.17, 15) is 14.4 Å². The Morgan fingerprint density at radius 2 is 1.94 bits per heavy atom. The van der Waals surface area contributed by atoms with Gasteiger partial charge in [-0.3, -0.25) is 4.79 Å². The van der Waals surface area contributed by atoms with Gasteiger partial charge in [0.1, 0.15) is 34.9 Å². The predicted molar refractivity (Wildman–Crippen MR) is 120 cm³/mol. The molecule has 0 fully saturated rings. The average Bonchev–Trinajstić information content (AvgIpc) is 2.74. The van der Waals surface area contributed by atoms with Crippen molar-refractivity contribution in [2.75, 3.05) is 22.5 Å². The number of hydrogen-bond acceptors (Lipinski definition) is 11. The minimum Gasteiger partial charge on any atom is -0.382 e.